The van der Waals surface area contributed by atoms with Crippen molar-refractivity contribution in [1.82, 2.24) is 10.3 Å². The largest absolute Gasteiger partial charge is 0.346 e. The smallest absolute Gasteiger partial charge is 0.185 e. The molecule has 1 fully saturated rings. The summed E-state index contributed by atoms with van der Waals surface area (Å²) in [4.78, 5) is 7.22. The molecular weight excluding hydrogens is 262 g/mol. The summed E-state index contributed by atoms with van der Waals surface area (Å²) in [6, 6.07) is 0.354. The van der Waals surface area contributed by atoms with Gasteiger partial charge in [0.2, 0.25) is 0 Å². The summed E-state index contributed by atoms with van der Waals surface area (Å²) in [5.41, 5.74) is 1.17. The molecule has 1 aliphatic heterocycles. The summed E-state index contributed by atoms with van der Waals surface area (Å²) in [6.07, 6.45) is 0. The Kier molecular flexibility index (Phi) is 4.56. The van der Waals surface area contributed by atoms with Gasteiger partial charge in [-0.3, -0.25) is 0 Å². The predicted molar refractivity (Wildman–Crippen MR) is 83.0 cm³/mol. The molecule has 1 aliphatic rings. The first-order valence-electron chi connectivity index (χ1n) is 6.59. The van der Waals surface area contributed by atoms with Gasteiger partial charge < -0.3 is 10.2 Å². The average molecular weight is 285 g/mol. The quantitative estimate of drug-likeness (QED) is 0.920. The number of anilines is 1. The van der Waals surface area contributed by atoms with Crippen LogP contribution in [0.25, 0.3) is 0 Å². The van der Waals surface area contributed by atoms with Crippen molar-refractivity contribution < 1.29 is 0 Å². The van der Waals surface area contributed by atoms with Crippen molar-refractivity contribution in [2.24, 2.45) is 0 Å². The summed E-state index contributed by atoms with van der Waals surface area (Å²) in [7, 11) is 0. The van der Waals surface area contributed by atoms with Crippen LogP contribution in [-0.4, -0.2) is 35.1 Å². The molecule has 0 amide bonds. The molecule has 5 heteroatoms. The molecule has 0 aliphatic carbocycles. The van der Waals surface area contributed by atoms with E-state index in [0.29, 0.717) is 10.8 Å². The summed E-state index contributed by atoms with van der Waals surface area (Å²) in [6.45, 7) is 12.2. The van der Waals surface area contributed by atoms with Gasteiger partial charge in [-0.1, -0.05) is 6.92 Å². The van der Waals surface area contributed by atoms with Gasteiger partial charge in [-0.25, -0.2) is 4.98 Å². The lowest BCUT2D eigenvalue weighted by molar-refractivity contribution is 0.584. The van der Waals surface area contributed by atoms with Gasteiger partial charge in [-0.15, -0.1) is 11.3 Å². The normalized spacial score (nSPS) is 21.0. The summed E-state index contributed by atoms with van der Waals surface area (Å²) in [5.74, 6) is 1.20. The predicted octanol–water partition coefficient (Wildman–Crippen LogP) is 3.15. The van der Waals surface area contributed by atoms with Crippen LogP contribution >= 0.6 is 23.1 Å². The molecule has 1 aromatic rings. The fourth-order valence-electron chi connectivity index (χ4n) is 2.21. The third-order valence-corrected chi connectivity index (χ3v) is 5.38. The molecule has 102 valence electrons. The molecule has 18 heavy (non-hydrogen) atoms. The molecule has 2 rings (SSSR count). The van der Waals surface area contributed by atoms with E-state index in [-0.39, 0.29) is 0 Å². The number of aromatic nitrogens is 1. The third-order valence-electron chi connectivity index (χ3n) is 3.16. The van der Waals surface area contributed by atoms with Gasteiger partial charge in [0.15, 0.2) is 5.13 Å². The molecule has 3 nitrogen and oxygen atoms in total. The van der Waals surface area contributed by atoms with Crippen LogP contribution in [0.5, 0.6) is 0 Å². The first-order valence-corrected chi connectivity index (χ1v) is 8.46. The SMILES string of the molecule is CCNC(C)c1csc(N2CCSC(C)(C)C2)n1. The molecule has 0 bridgehead atoms. The number of thioether (sulfide) groups is 1. The number of hydrogen-bond acceptors (Lipinski definition) is 5. The van der Waals surface area contributed by atoms with Gasteiger partial charge in [-0.05, 0) is 27.3 Å². The highest BCUT2D eigenvalue weighted by atomic mass is 32.2. The van der Waals surface area contributed by atoms with Gasteiger partial charge in [0, 0.05) is 35.0 Å². The zero-order chi connectivity index (χ0) is 13.2. The van der Waals surface area contributed by atoms with Crippen molar-refractivity contribution in [3.05, 3.63) is 11.1 Å². The Morgan fingerprint density at radius 2 is 2.33 bits per heavy atom. The second kappa shape index (κ2) is 5.80. The van der Waals surface area contributed by atoms with Crippen molar-refractivity contribution >= 4 is 28.2 Å². The Labute approximate surface area is 118 Å². The Balaban J connectivity index is 2.05. The van der Waals surface area contributed by atoms with Gasteiger partial charge in [0.1, 0.15) is 0 Å². The fraction of sp³-hybridized carbons (Fsp3) is 0.769. The molecule has 0 aromatic carbocycles. The first-order chi connectivity index (χ1) is 8.52. The first kappa shape index (κ1) is 14.2. The molecule has 0 spiro atoms. The van der Waals surface area contributed by atoms with Crippen molar-refractivity contribution in [3.63, 3.8) is 0 Å². The Morgan fingerprint density at radius 1 is 1.56 bits per heavy atom. The lowest BCUT2D eigenvalue weighted by Crippen LogP contribution is -2.43. The van der Waals surface area contributed by atoms with Gasteiger partial charge in [-0.2, -0.15) is 11.8 Å². The van der Waals surface area contributed by atoms with Crippen LogP contribution < -0.4 is 10.2 Å². The van der Waals surface area contributed by atoms with Crippen molar-refractivity contribution in [3.8, 4) is 0 Å². The van der Waals surface area contributed by atoms with Crippen molar-refractivity contribution in [2.75, 3.05) is 30.3 Å². The van der Waals surface area contributed by atoms with E-state index in [0.717, 1.165) is 19.6 Å². The summed E-state index contributed by atoms with van der Waals surface area (Å²) < 4.78 is 0.345. The zero-order valence-corrected chi connectivity index (χ0v) is 13.3. The Morgan fingerprint density at radius 3 is 3.00 bits per heavy atom. The maximum atomic E-state index is 4.79. The van der Waals surface area contributed by atoms with Crippen LogP contribution in [0.2, 0.25) is 0 Å². The highest BCUT2D eigenvalue weighted by Gasteiger charge is 2.28. The van der Waals surface area contributed by atoms with E-state index in [2.05, 4.69) is 55.1 Å². The molecule has 0 radical (unpaired) electrons. The topological polar surface area (TPSA) is 28.2 Å². The minimum absolute atomic E-state index is 0.345. The summed E-state index contributed by atoms with van der Waals surface area (Å²) >= 11 is 3.84. The highest BCUT2D eigenvalue weighted by Crippen LogP contribution is 2.34. The van der Waals surface area contributed by atoms with Gasteiger partial charge in [0.25, 0.3) is 0 Å². The fourth-order valence-corrected chi connectivity index (χ4v) is 4.27. The average Bonchev–Trinajstić information content (AvgIpc) is 2.77. The summed E-state index contributed by atoms with van der Waals surface area (Å²) in [5, 5.41) is 6.79. The second-order valence-electron chi connectivity index (χ2n) is 5.36. The maximum Gasteiger partial charge on any atom is 0.185 e. The lowest BCUT2D eigenvalue weighted by Gasteiger charge is -2.37. The third kappa shape index (κ3) is 3.39. The molecule has 1 saturated heterocycles. The van der Waals surface area contributed by atoms with Crippen LogP contribution in [0, 0.1) is 0 Å². The van der Waals surface area contributed by atoms with Gasteiger partial charge >= 0.3 is 0 Å². The number of nitrogens with one attached hydrogen (secondary N) is 1. The zero-order valence-electron chi connectivity index (χ0n) is 11.7. The Bertz CT molecular complexity index is 389. The van der Waals surface area contributed by atoms with E-state index in [1.807, 2.05) is 0 Å². The van der Waals surface area contributed by atoms with Crippen LogP contribution in [-0.2, 0) is 0 Å². The molecule has 1 atom stereocenters. The van der Waals surface area contributed by atoms with Crippen LogP contribution in [0.3, 0.4) is 0 Å². The van der Waals surface area contributed by atoms with Crippen molar-refractivity contribution in [1.29, 1.82) is 0 Å². The van der Waals surface area contributed by atoms with E-state index in [1.165, 1.54) is 16.6 Å². The number of hydrogen-bond donors (Lipinski definition) is 1. The molecule has 1 N–H and O–H groups in total. The van der Waals surface area contributed by atoms with E-state index >= 15 is 0 Å². The monoisotopic (exact) mass is 285 g/mol. The number of thiazole rings is 1. The molecule has 1 unspecified atom stereocenters. The van der Waals surface area contributed by atoms with E-state index in [1.54, 1.807) is 11.3 Å². The molecule has 2 heterocycles. The standard InChI is InChI=1S/C13H23N3S2/c1-5-14-10(2)11-8-17-12(15-11)16-6-7-18-13(3,4)9-16/h8,10,14H,5-7,9H2,1-4H3. The maximum absolute atomic E-state index is 4.79. The Hall–Kier alpha value is -0.260. The van der Waals surface area contributed by atoms with E-state index in [9.17, 15) is 0 Å². The lowest BCUT2D eigenvalue weighted by atomic mass is 10.2. The van der Waals surface area contributed by atoms with Crippen LogP contribution in [0.4, 0.5) is 5.13 Å². The minimum Gasteiger partial charge on any atom is -0.346 e. The van der Waals surface area contributed by atoms with Crippen LogP contribution in [0.15, 0.2) is 5.38 Å². The molecule has 1 aromatic heterocycles. The van der Waals surface area contributed by atoms with E-state index < -0.39 is 0 Å². The number of nitrogens with zero attached hydrogens (tertiary/aromatic N) is 2. The van der Waals surface area contributed by atoms with E-state index in [4.69, 9.17) is 4.98 Å². The molecular formula is C13H23N3S2. The van der Waals surface area contributed by atoms with Gasteiger partial charge in [0.05, 0.1) is 5.69 Å². The molecule has 0 saturated carbocycles. The highest BCUT2D eigenvalue weighted by molar-refractivity contribution is 8.00. The number of rotatable bonds is 4. The minimum atomic E-state index is 0.345. The van der Waals surface area contributed by atoms with Crippen LogP contribution in [0.1, 0.15) is 39.4 Å². The second-order valence-corrected chi connectivity index (χ2v) is 8.00. The van der Waals surface area contributed by atoms with Crippen molar-refractivity contribution in [2.45, 2.75) is 38.5 Å².